The number of rotatable bonds is 5. The molecule has 0 aliphatic carbocycles. The molecule has 0 saturated carbocycles. The summed E-state index contributed by atoms with van der Waals surface area (Å²) in [4.78, 5) is 29.4. The van der Waals surface area contributed by atoms with Crippen molar-refractivity contribution < 1.29 is 18.7 Å². The molecule has 4 aromatic rings. The van der Waals surface area contributed by atoms with Crippen LogP contribution in [0, 0.1) is 5.82 Å². The Morgan fingerprint density at radius 3 is 2.76 bits per heavy atom. The van der Waals surface area contributed by atoms with Gasteiger partial charge in [-0.25, -0.2) is 9.37 Å². The van der Waals surface area contributed by atoms with Crippen molar-refractivity contribution in [1.82, 2.24) is 9.55 Å². The number of thiophene rings is 1. The largest absolute Gasteiger partial charge is 0.493 e. The molecular formula is C20H16FN3O4S. The molecule has 0 saturated heterocycles. The zero-order chi connectivity index (χ0) is 20.5. The predicted octanol–water partition coefficient (Wildman–Crippen LogP) is 3.41. The molecule has 2 aromatic heterocycles. The van der Waals surface area contributed by atoms with E-state index < -0.39 is 17.3 Å². The Kier molecular flexibility index (Phi) is 4.89. The number of ether oxygens (including phenoxy) is 2. The smallest absolute Gasteiger partial charge is 0.271 e. The number of carbonyl (C=O) groups is 1. The van der Waals surface area contributed by atoms with Crippen LogP contribution in [-0.2, 0) is 11.3 Å². The minimum absolute atomic E-state index is 0.229. The number of fused-ring (bicyclic) bond motifs is 3. The van der Waals surface area contributed by atoms with Crippen molar-refractivity contribution in [3.8, 4) is 11.5 Å². The average Bonchev–Trinajstić information content (AvgIpc) is 3.10. The number of hydrogen-bond acceptors (Lipinski definition) is 6. The van der Waals surface area contributed by atoms with E-state index in [1.54, 1.807) is 30.3 Å². The van der Waals surface area contributed by atoms with Crippen LogP contribution < -0.4 is 20.3 Å². The second-order valence-corrected chi connectivity index (χ2v) is 7.24. The highest BCUT2D eigenvalue weighted by Gasteiger charge is 2.16. The van der Waals surface area contributed by atoms with Gasteiger partial charge in [-0.15, -0.1) is 11.3 Å². The molecule has 0 radical (unpaired) electrons. The quantitative estimate of drug-likeness (QED) is 0.542. The maximum atomic E-state index is 14.1. The monoisotopic (exact) mass is 413 g/mol. The molecule has 1 amide bonds. The first-order chi connectivity index (χ1) is 14.0. The van der Waals surface area contributed by atoms with Gasteiger partial charge in [-0.1, -0.05) is 6.07 Å². The molecule has 0 spiro atoms. The van der Waals surface area contributed by atoms with Crippen LogP contribution in [0.2, 0.25) is 0 Å². The van der Waals surface area contributed by atoms with Crippen molar-refractivity contribution in [2.45, 2.75) is 6.54 Å². The Morgan fingerprint density at radius 2 is 2.00 bits per heavy atom. The second kappa shape index (κ2) is 7.51. The van der Waals surface area contributed by atoms with E-state index in [2.05, 4.69) is 10.3 Å². The second-order valence-electron chi connectivity index (χ2n) is 6.19. The highest BCUT2D eigenvalue weighted by Crippen LogP contribution is 2.32. The SMILES string of the molecule is COc1ccc(NC(=O)Cn2cnc3c(sc4cccc(F)c43)c2=O)cc1OC. The fourth-order valence-corrected chi connectivity index (χ4v) is 4.17. The van der Waals surface area contributed by atoms with Crippen LogP contribution in [0.25, 0.3) is 20.3 Å². The van der Waals surface area contributed by atoms with Gasteiger partial charge in [0.1, 0.15) is 17.1 Å². The van der Waals surface area contributed by atoms with Crippen LogP contribution in [0.4, 0.5) is 10.1 Å². The van der Waals surface area contributed by atoms with Crippen LogP contribution in [0.3, 0.4) is 0 Å². The summed E-state index contributed by atoms with van der Waals surface area (Å²) in [6.45, 7) is -0.229. The van der Waals surface area contributed by atoms with Crippen molar-refractivity contribution in [3.05, 3.63) is 58.9 Å². The summed E-state index contributed by atoms with van der Waals surface area (Å²) in [5.41, 5.74) is 0.418. The van der Waals surface area contributed by atoms with Crippen LogP contribution >= 0.6 is 11.3 Å². The van der Waals surface area contributed by atoms with Gasteiger partial charge in [0.2, 0.25) is 5.91 Å². The topological polar surface area (TPSA) is 82.5 Å². The molecular weight excluding hydrogens is 397 g/mol. The minimum atomic E-state index is -0.426. The Hall–Kier alpha value is -3.46. The number of hydrogen-bond donors (Lipinski definition) is 1. The first kappa shape index (κ1) is 18.9. The zero-order valence-electron chi connectivity index (χ0n) is 15.6. The Balaban J connectivity index is 1.62. The first-order valence-electron chi connectivity index (χ1n) is 8.60. The lowest BCUT2D eigenvalue weighted by Crippen LogP contribution is -2.27. The number of halogens is 1. The third kappa shape index (κ3) is 3.40. The van der Waals surface area contributed by atoms with Gasteiger partial charge in [0.05, 0.1) is 31.4 Å². The normalized spacial score (nSPS) is 11.0. The van der Waals surface area contributed by atoms with E-state index in [1.165, 1.54) is 31.2 Å². The lowest BCUT2D eigenvalue weighted by molar-refractivity contribution is -0.116. The number of nitrogens with zero attached hydrogens (tertiary/aromatic N) is 2. The Labute approximate surface area is 168 Å². The summed E-state index contributed by atoms with van der Waals surface area (Å²) in [7, 11) is 3.02. The molecule has 0 fully saturated rings. The fraction of sp³-hybridized carbons (Fsp3) is 0.150. The number of methoxy groups -OCH3 is 2. The van der Waals surface area contributed by atoms with E-state index in [4.69, 9.17) is 9.47 Å². The highest BCUT2D eigenvalue weighted by atomic mass is 32.1. The van der Waals surface area contributed by atoms with E-state index >= 15 is 0 Å². The van der Waals surface area contributed by atoms with Crippen molar-refractivity contribution in [3.63, 3.8) is 0 Å². The summed E-state index contributed by atoms with van der Waals surface area (Å²) < 4.78 is 26.6. The summed E-state index contributed by atoms with van der Waals surface area (Å²) in [6.07, 6.45) is 1.26. The number of nitrogens with one attached hydrogen (secondary N) is 1. The molecule has 0 aliphatic rings. The van der Waals surface area contributed by atoms with Gasteiger partial charge < -0.3 is 14.8 Å². The summed E-state index contributed by atoms with van der Waals surface area (Å²) in [6, 6.07) is 9.60. The molecule has 9 heteroatoms. The number of amides is 1. The molecule has 0 bridgehead atoms. The standard InChI is InChI=1S/C20H16FN3O4S/c1-27-13-7-6-11(8-14(13)28-2)23-16(25)9-24-10-22-18-17-12(21)4-3-5-15(17)29-19(18)20(24)26/h3-8,10H,9H2,1-2H3,(H,23,25). The van der Waals surface area contributed by atoms with Crippen molar-refractivity contribution in [1.29, 1.82) is 0 Å². The molecule has 4 rings (SSSR count). The molecule has 0 atom stereocenters. The minimum Gasteiger partial charge on any atom is -0.493 e. The lowest BCUT2D eigenvalue weighted by atomic mass is 10.2. The predicted molar refractivity (Wildman–Crippen MR) is 110 cm³/mol. The lowest BCUT2D eigenvalue weighted by Gasteiger charge is -2.11. The Bertz CT molecular complexity index is 1300. The molecule has 7 nitrogen and oxygen atoms in total. The van der Waals surface area contributed by atoms with Crippen LogP contribution in [0.15, 0.2) is 47.5 Å². The molecule has 2 heterocycles. The van der Waals surface area contributed by atoms with Gasteiger partial charge >= 0.3 is 0 Å². The van der Waals surface area contributed by atoms with Gasteiger partial charge in [-0.3, -0.25) is 14.2 Å². The summed E-state index contributed by atoms with van der Waals surface area (Å²) in [5, 5.41) is 3.03. The molecule has 2 aromatic carbocycles. The maximum Gasteiger partial charge on any atom is 0.271 e. The molecule has 1 N–H and O–H groups in total. The van der Waals surface area contributed by atoms with E-state index in [0.29, 0.717) is 37.5 Å². The van der Waals surface area contributed by atoms with Crippen molar-refractivity contribution in [2.75, 3.05) is 19.5 Å². The van der Waals surface area contributed by atoms with E-state index in [0.717, 1.165) is 11.3 Å². The average molecular weight is 413 g/mol. The molecule has 0 aliphatic heterocycles. The van der Waals surface area contributed by atoms with Crippen molar-refractivity contribution in [2.24, 2.45) is 0 Å². The third-order valence-electron chi connectivity index (χ3n) is 4.40. The zero-order valence-corrected chi connectivity index (χ0v) is 16.4. The van der Waals surface area contributed by atoms with Gasteiger partial charge in [0, 0.05) is 16.5 Å². The summed E-state index contributed by atoms with van der Waals surface area (Å²) in [5.74, 6) is 0.170. The Morgan fingerprint density at radius 1 is 1.21 bits per heavy atom. The van der Waals surface area contributed by atoms with Crippen molar-refractivity contribution >= 4 is 43.2 Å². The fourth-order valence-electron chi connectivity index (χ4n) is 3.05. The third-order valence-corrected chi connectivity index (χ3v) is 5.53. The molecule has 148 valence electrons. The highest BCUT2D eigenvalue weighted by molar-refractivity contribution is 7.25. The summed E-state index contributed by atoms with van der Waals surface area (Å²) >= 11 is 1.16. The number of carbonyl (C=O) groups excluding carboxylic acids is 1. The number of benzene rings is 2. The molecule has 29 heavy (non-hydrogen) atoms. The van der Waals surface area contributed by atoms with Gasteiger partial charge in [0.15, 0.2) is 11.5 Å². The number of aromatic nitrogens is 2. The van der Waals surface area contributed by atoms with E-state index in [9.17, 15) is 14.0 Å². The van der Waals surface area contributed by atoms with Crippen LogP contribution in [0.5, 0.6) is 11.5 Å². The van der Waals surface area contributed by atoms with E-state index in [-0.39, 0.29) is 6.54 Å². The molecule has 0 unspecified atom stereocenters. The maximum absolute atomic E-state index is 14.1. The van der Waals surface area contributed by atoms with E-state index in [1.807, 2.05) is 0 Å². The number of anilines is 1. The van der Waals surface area contributed by atoms with Gasteiger partial charge in [0.25, 0.3) is 5.56 Å². The van der Waals surface area contributed by atoms with Crippen LogP contribution in [-0.4, -0.2) is 29.7 Å². The van der Waals surface area contributed by atoms with Gasteiger partial charge in [-0.05, 0) is 24.3 Å². The van der Waals surface area contributed by atoms with Gasteiger partial charge in [-0.2, -0.15) is 0 Å². The van der Waals surface area contributed by atoms with Crippen LogP contribution in [0.1, 0.15) is 0 Å². The first-order valence-corrected chi connectivity index (χ1v) is 9.41.